The van der Waals surface area contributed by atoms with Gasteiger partial charge in [0, 0.05) is 6.61 Å². The van der Waals surface area contributed by atoms with Crippen LogP contribution in [0, 0.1) is 0 Å². The SMILES string of the molecule is CCCCCCCCc1ccc(OCCOCCOCCOCCOCCCCC)cc1. The van der Waals surface area contributed by atoms with E-state index in [4.69, 9.17) is 23.7 Å². The van der Waals surface area contributed by atoms with Crippen LogP contribution >= 0.6 is 0 Å². The maximum Gasteiger partial charge on any atom is 0.119 e. The molecule has 0 radical (unpaired) electrons. The molecular weight excluding hydrogens is 404 g/mol. The zero-order valence-corrected chi connectivity index (χ0v) is 20.8. The lowest BCUT2D eigenvalue weighted by molar-refractivity contribution is -0.00485. The molecule has 0 unspecified atom stereocenters. The minimum absolute atomic E-state index is 0.554. The van der Waals surface area contributed by atoms with E-state index in [0.717, 1.165) is 25.2 Å². The molecule has 5 heteroatoms. The molecule has 0 atom stereocenters. The summed E-state index contributed by atoms with van der Waals surface area (Å²) in [4.78, 5) is 0. The molecule has 32 heavy (non-hydrogen) atoms. The lowest BCUT2D eigenvalue weighted by Gasteiger charge is -2.09. The Labute approximate surface area is 197 Å². The first-order chi connectivity index (χ1) is 15.9. The fourth-order valence-electron chi connectivity index (χ4n) is 3.30. The summed E-state index contributed by atoms with van der Waals surface area (Å²) in [5.41, 5.74) is 1.39. The van der Waals surface area contributed by atoms with Gasteiger partial charge >= 0.3 is 0 Å². The molecule has 0 aliphatic carbocycles. The monoisotopic (exact) mass is 452 g/mol. The molecule has 0 aliphatic rings. The Bertz CT molecular complexity index is 491. The van der Waals surface area contributed by atoms with E-state index in [1.807, 2.05) is 0 Å². The topological polar surface area (TPSA) is 46.2 Å². The summed E-state index contributed by atoms with van der Waals surface area (Å²) >= 11 is 0. The standard InChI is InChI=1S/C27H48O5/c1-3-5-7-8-9-10-12-26-13-15-27(16-14-26)32-25-24-31-23-22-30-21-20-29-19-18-28-17-11-6-4-2/h13-16H,3-12,17-25H2,1-2H3. The van der Waals surface area contributed by atoms with Crippen LogP contribution in [0.4, 0.5) is 0 Å². The van der Waals surface area contributed by atoms with Crippen molar-refractivity contribution in [2.75, 3.05) is 59.5 Å². The highest BCUT2D eigenvalue weighted by Gasteiger charge is 1.98. The summed E-state index contributed by atoms with van der Waals surface area (Å²) < 4.78 is 27.8. The minimum atomic E-state index is 0.554. The van der Waals surface area contributed by atoms with Gasteiger partial charge in [-0.3, -0.25) is 0 Å². The van der Waals surface area contributed by atoms with Crippen molar-refractivity contribution in [1.82, 2.24) is 0 Å². The molecule has 5 nitrogen and oxygen atoms in total. The van der Waals surface area contributed by atoms with E-state index in [0.29, 0.717) is 52.9 Å². The lowest BCUT2D eigenvalue weighted by Crippen LogP contribution is -2.13. The number of hydrogen-bond donors (Lipinski definition) is 0. The van der Waals surface area contributed by atoms with Crippen LogP contribution in [0.15, 0.2) is 24.3 Å². The van der Waals surface area contributed by atoms with E-state index < -0.39 is 0 Å². The molecule has 0 N–H and O–H groups in total. The first-order valence-electron chi connectivity index (χ1n) is 12.9. The third-order valence-electron chi connectivity index (χ3n) is 5.25. The molecule has 0 heterocycles. The van der Waals surface area contributed by atoms with Crippen molar-refractivity contribution in [2.45, 2.75) is 78.1 Å². The van der Waals surface area contributed by atoms with Crippen LogP contribution in [0.5, 0.6) is 5.75 Å². The molecule has 0 spiro atoms. The molecule has 1 rings (SSSR count). The van der Waals surface area contributed by atoms with Crippen LogP contribution in [-0.4, -0.2) is 59.5 Å². The van der Waals surface area contributed by atoms with Gasteiger partial charge in [0.25, 0.3) is 0 Å². The van der Waals surface area contributed by atoms with Crippen molar-refractivity contribution in [3.8, 4) is 5.75 Å². The molecule has 186 valence electrons. The second-order valence-corrected chi connectivity index (χ2v) is 8.17. The van der Waals surface area contributed by atoms with E-state index >= 15 is 0 Å². The second kappa shape index (κ2) is 23.0. The summed E-state index contributed by atoms with van der Waals surface area (Å²) in [6.07, 6.45) is 12.8. The van der Waals surface area contributed by atoms with Gasteiger partial charge in [-0.25, -0.2) is 0 Å². The van der Waals surface area contributed by atoms with Crippen molar-refractivity contribution in [3.63, 3.8) is 0 Å². The number of unbranched alkanes of at least 4 members (excludes halogenated alkanes) is 7. The van der Waals surface area contributed by atoms with Crippen LogP contribution in [0.1, 0.15) is 77.2 Å². The summed E-state index contributed by atoms with van der Waals surface area (Å²) in [5.74, 6) is 0.906. The number of ether oxygens (including phenoxy) is 5. The summed E-state index contributed by atoms with van der Waals surface area (Å²) in [6.45, 7) is 10.0. The van der Waals surface area contributed by atoms with E-state index in [1.54, 1.807) is 0 Å². The third-order valence-corrected chi connectivity index (χ3v) is 5.25. The lowest BCUT2D eigenvalue weighted by atomic mass is 10.0. The van der Waals surface area contributed by atoms with Gasteiger partial charge in [-0.05, 0) is 37.0 Å². The maximum absolute atomic E-state index is 5.75. The van der Waals surface area contributed by atoms with Gasteiger partial charge in [-0.15, -0.1) is 0 Å². The molecule has 0 bridgehead atoms. The van der Waals surface area contributed by atoms with E-state index in [9.17, 15) is 0 Å². The molecule has 0 amide bonds. The van der Waals surface area contributed by atoms with Crippen LogP contribution in [0.25, 0.3) is 0 Å². The first-order valence-corrected chi connectivity index (χ1v) is 12.9. The van der Waals surface area contributed by atoms with E-state index in [2.05, 4.69) is 38.1 Å². The zero-order valence-electron chi connectivity index (χ0n) is 20.8. The Morgan fingerprint density at radius 3 is 1.53 bits per heavy atom. The zero-order chi connectivity index (χ0) is 23.0. The normalized spacial score (nSPS) is 11.2. The van der Waals surface area contributed by atoms with Crippen LogP contribution < -0.4 is 4.74 Å². The number of hydrogen-bond acceptors (Lipinski definition) is 5. The highest BCUT2D eigenvalue weighted by Crippen LogP contribution is 2.15. The highest BCUT2D eigenvalue weighted by molar-refractivity contribution is 5.27. The summed E-state index contributed by atoms with van der Waals surface area (Å²) in [7, 11) is 0. The predicted molar refractivity (Wildman–Crippen MR) is 132 cm³/mol. The Hall–Kier alpha value is -1.14. The molecular formula is C27H48O5. The minimum Gasteiger partial charge on any atom is -0.491 e. The molecule has 0 aromatic heterocycles. The van der Waals surface area contributed by atoms with E-state index in [-0.39, 0.29) is 0 Å². The maximum atomic E-state index is 5.75. The molecule has 0 saturated heterocycles. The smallest absolute Gasteiger partial charge is 0.119 e. The van der Waals surface area contributed by atoms with Crippen LogP contribution in [-0.2, 0) is 25.4 Å². The molecule has 0 fully saturated rings. The van der Waals surface area contributed by atoms with Crippen molar-refractivity contribution < 1.29 is 23.7 Å². The predicted octanol–water partition coefficient (Wildman–Crippen LogP) is 6.23. The fraction of sp³-hybridized carbons (Fsp3) is 0.778. The van der Waals surface area contributed by atoms with Gasteiger partial charge in [0.05, 0.1) is 46.2 Å². The van der Waals surface area contributed by atoms with Gasteiger partial charge in [0.1, 0.15) is 12.4 Å². The number of benzene rings is 1. The average Bonchev–Trinajstić information content (AvgIpc) is 2.82. The molecule has 0 aliphatic heterocycles. The third kappa shape index (κ3) is 18.4. The molecule has 1 aromatic rings. The second-order valence-electron chi connectivity index (χ2n) is 8.17. The van der Waals surface area contributed by atoms with Crippen molar-refractivity contribution in [2.24, 2.45) is 0 Å². The average molecular weight is 453 g/mol. The van der Waals surface area contributed by atoms with Gasteiger partial charge in [-0.2, -0.15) is 0 Å². The highest BCUT2D eigenvalue weighted by atomic mass is 16.6. The molecule has 0 saturated carbocycles. The van der Waals surface area contributed by atoms with Crippen LogP contribution in [0.3, 0.4) is 0 Å². The Morgan fingerprint density at radius 2 is 0.938 bits per heavy atom. The Balaban J connectivity index is 1.84. The molecule has 1 aromatic carbocycles. The van der Waals surface area contributed by atoms with E-state index in [1.165, 1.54) is 56.9 Å². The largest absolute Gasteiger partial charge is 0.491 e. The van der Waals surface area contributed by atoms with Crippen molar-refractivity contribution in [1.29, 1.82) is 0 Å². The van der Waals surface area contributed by atoms with Gasteiger partial charge in [0.2, 0.25) is 0 Å². The van der Waals surface area contributed by atoms with Gasteiger partial charge < -0.3 is 23.7 Å². The van der Waals surface area contributed by atoms with Gasteiger partial charge in [0.15, 0.2) is 0 Å². The van der Waals surface area contributed by atoms with Crippen LogP contribution in [0.2, 0.25) is 0 Å². The Morgan fingerprint density at radius 1 is 0.469 bits per heavy atom. The van der Waals surface area contributed by atoms with Crippen molar-refractivity contribution >= 4 is 0 Å². The van der Waals surface area contributed by atoms with Crippen molar-refractivity contribution in [3.05, 3.63) is 29.8 Å². The Kier molecular flexibility index (Phi) is 20.8. The number of rotatable bonds is 24. The first kappa shape index (κ1) is 28.9. The van der Waals surface area contributed by atoms with Gasteiger partial charge in [-0.1, -0.05) is 70.9 Å². The summed E-state index contributed by atoms with van der Waals surface area (Å²) in [5, 5.41) is 0. The fourth-order valence-corrected chi connectivity index (χ4v) is 3.30. The number of aryl methyl sites for hydroxylation is 1. The summed E-state index contributed by atoms with van der Waals surface area (Å²) in [6, 6.07) is 8.48. The quantitative estimate of drug-likeness (QED) is 0.174.